The molecule has 3 aromatic rings. The van der Waals surface area contributed by atoms with Gasteiger partial charge in [0.2, 0.25) is 5.91 Å². The average molecular weight is 350 g/mol. The molecule has 2 aromatic carbocycles. The van der Waals surface area contributed by atoms with Gasteiger partial charge in [-0.2, -0.15) is 0 Å². The summed E-state index contributed by atoms with van der Waals surface area (Å²) in [5.41, 5.74) is 2.11. The Balaban J connectivity index is 1.69. The summed E-state index contributed by atoms with van der Waals surface area (Å²) in [5, 5.41) is 4.42. The number of nitrogens with zero attached hydrogens (tertiary/aromatic N) is 1. The summed E-state index contributed by atoms with van der Waals surface area (Å²) < 4.78 is 0. The topological polar surface area (TPSA) is 59.1 Å². The zero-order chi connectivity index (χ0) is 17.8. The first-order valence-electron chi connectivity index (χ1n) is 7.97. The molecular weight excluding hydrogens is 332 g/mol. The fourth-order valence-corrected chi connectivity index (χ4v) is 3.23. The van der Waals surface area contributed by atoms with Gasteiger partial charge in [-0.3, -0.25) is 9.59 Å². The van der Waals surface area contributed by atoms with Crippen LogP contribution in [0.3, 0.4) is 0 Å². The fourth-order valence-electron chi connectivity index (χ4n) is 2.41. The van der Waals surface area contributed by atoms with Gasteiger partial charge >= 0.3 is 0 Å². The lowest BCUT2D eigenvalue weighted by atomic mass is 10.1. The molecule has 4 nitrogen and oxygen atoms in total. The molecule has 0 radical (unpaired) electrons. The standard InChI is InChI=1S/C20H18N2O2S/c1-13(23)16-7-5-8-17(12-16)21-20(24)14(2)25-19-11-10-15-6-3-4-9-18(15)22-19/h3-12,14H,1-2H3,(H,21,24)/t14-/m1/s1. The third kappa shape index (κ3) is 4.25. The highest BCUT2D eigenvalue weighted by Gasteiger charge is 2.16. The summed E-state index contributed by atoms with van der Waals surface area (Å²) in [6, 6.07) is 18.8. The lowest BCUT2D eigenvalue weighted by Gasteiger charge is -2.12. The second-order valence-electron chi connectivity index (χ2n) is 5.73. The van der Waals surface area contributed by atoms with Gasteiger partial charge in [0.05, 0.1) is 15.8 Å². The molecule has 5 heteroatoms. The number of rotatable bonds is 5. The number of aromatic nitrogens is 1. The SMILES string of the molecule is CC(=O)c1cccc(NC(=O)[C@@H](C)Sc2ccc3ccccc3n2)c1. The van der Waals surface area contributed by atoms with Crippen molar-refractivity contribution in [1.82, 2.24) is 4.98 Å². The number of nitrogens with one attached hydrogen (secondary N) is 1. The van der Waals surface area contributed by atoms with Crippen LogP contribution in [0, 0.1) is 0 Å². The number of amides is 1. The normalized spacial score (nSPS) is 11.9. The number of Topliss-reactive ketones (excluding diaryl/α,β-unsaturated/α-hetero) is 1. The lowest BCUT2D eigenvalue weighted by molar-refractivity contribution is -0.115. The van der Waals surface area contributed by atoms with Gasteiger partial charge in [0.1, 0.15) is 0 Å². The smallest absolute Gasteiger partial charge is 0.237 e. The third-order valence-corrected chi connectivity index (χ3v) is 4.81. The summed E-state index contributed by atoms with van der Waals surface area (Å²) in [7, 11) is 0. The van der Waals surface area contributed by atoms with E-state index in [0.29, 0.717) is 11.3 Å². The van der Waals surface area contributed by atoms with Gasteiger partial charge in [-0.05, 0) is 38.1 Å². The Hall–Kier alpha value is -2.66. The Morgan fingerprint density at radius 1 is 1.04 bits per heavy atom. The number of anilines is 1. The molecule has 1 N–H and O–H groups in total. The van der Waals surface area contributed by atoms with Crippen molar-refractivity contribution in [1.29, 1.82) is 0 Å². The van der Waals surface area contributed by atoms with E-state index in [1.807, 2.05) is 43.3 Å². The maximum atomic E-state index is 12.4. The van der Waals surface area contributed by atoms with Crippen molar-refractivity contribution in [2.45, 2.75) is 24.1 Å². The number of hydrogen-bond donors (Lipinski definition) is 1. The molecule has 0 aliphatic heterocycles. The van der Waals surface area contributed by atoms with Crippen LogP contribution >= 0.6 is 11.8 Å². The number of ketones is 1. The number of pyridine rings is 1. The predicted molar refractivity (Wildman–Crippen MR) is 102 cm³/mol. The molecule has 0 aliphatic rings. The van der Waals surface area contributed by atoms with E-state index in [1.165, 1.54) is 18.7 Å². The number of benzene rings is 2. The van der Waals surface area contributed by atoms with Crippen LogP contribution in [0.25, 0.3) is 10.9 Å². The molecule has 0 saturated heterocycles. The molecule has 0 bridgehead atoms. The van der Waals surface area contributed by atoms with Gasteiger partial charge in [0, 0.05) is 16.6 Å². The Morgan fingerprint density at radius 2 is 1.84 bits per heavy atom. The van der Waals surface area contributed by atoms with Gasteiger partial charge in [-0.25, -0.2) is 4.98 Å². The summed E-state index contributed by atoms with van der Waals surface area (Å²) in [6.07, 6.45) is 0. The van der Waals surface area contributed by atoms with Gasteiger partial charge < -0.3 is 5.32 Å². The minimum absolute atomic E-state index is 0.0288. The van der Waals surface area contributed by atoms with Crippen molar-refractivity contribution in [3.63, 3.8) is 0 Å². The Bertz CT molecular complexity index is 940. The van der Waals surface area contributed by atoms with Crippen molar-refractivity contribution in [2.24, 2.45) is 0 Å². The van der Waals surface area contributed by atoms with Crippen LogP contribution in [0.15, 0.2) is 65.7 Å². The fraction of sp³-hybridized carbons (Fsp3) is 0.150. The van der Waals surface area contributed by atoms with E-state index in [1.54, 1.807) is 24.3 Å². The molecule has 1 atom stereocenters. The van der Waals surface area contributed by atoms with Crippen molar-refractivity contribution >= 4 is 40.0 Å². The molecule has 1 heterocycles. The van der Waals surface area contributed by atoms with Crippen molar-refractivity contribution in [3.8, 4) is 0 Å². The predicted octanol–water partition coefficient (Wildman–Crippen LogP) is 4.56. The van der Waals surface area contributed by atoms with Crippen molar-refractivity contribution in [3.05, 3.63) is 66.2 Å². The van der Waals surface area contributed by atoms with Crippen LogP contribution in [0.2, 0.25) is 0 Å². The molecule has 3 rings (SSSR count). The Morgan fingerprint density at radius 3 is 2.64 bits per heavy atom. The minimum Gasteiger partial charge on any atom is -0.325 e. The maximum absolute atomic E-state index is 12.4. The molecule has 25 heavy (non-hydrogen) atoms. The van der Waals surface area contributed by atoms with Crippen LogP contribution in [0.1, 0.15) is 24.2 Å². The monoisotopic (exact) mass is 350 g/mol. The first-order chi connectivity index (χ1) is 12.0. The summed E-state index contributed by atoms with van der Waals surface area (Å²) in [4.78, 5) is 28.4. The number of para-hydroxylation sites is 1. The van der Waals surface area contributed by atoms with E-state index < -0.39 is 0 Å². The third-order valence-electron chi connectivity index (χ3n) is 3.78. The van der Waals surface area contributed by atoms with Crippen molar-refractivity contribution < 1.29 is 9.59 Å². The van der Waals surface area contributed by atoms with Crippen LogP contribution in [0.5, 0.6) is 0 Å². The molecule has 0 saturated carbocycles. The molecule has 1 aromatic heterocycles. The highest BCUT2D eigenvalue weighted by atomic mass is 32.2. The van der Waals surface area contributed by atoms with Crippen LogP contribution < -0.4 is 5.32 Å². The molecule has 126 valence electrons. The minimum atomic E-state index is -0.311. The molecule has 1 amide bonds. The second kappa shape index (κ2) is 7.49. The molecule has 0 aliphatic carbocycles. The van der Waals surface area contributed by atoms with E-state index in [2.05, 4.69) is 10.3 Å². The van der Waals surface area contributed by atoms with Gasteiger partial charge in [-0.1, -0.05) is 48.2 Å². The molecule has 0 fully saturated rings. The van der Waals surface area contributed by atoms with Gasteiger partial charge in [-0.15, -0.1) is 0 Å². The molecule has 0 spiro atoms. The van der Waals surface area contributed by atoms with Crippen molar-refractivity contribution in [2.75, 3.05) is 5.32 Å². The van der Waals surface area contributed by atoms with Gasteiger partial charge in [0.15, 0.2) is 5.78 Å². The van der Waals surface area contributed by atoms with E-state index >= 15 is 0 Å². The first-order valence-corrected chi connectivity index (χ1v) is 8.85. The van der Waals surface area contributed by atoms with Gasteiger partial charge in [0.25, 0.3) is 0 Å². The molecule has 0 unspecified atom stereocenters. The number of carbonyl (C=O) groups is 2. The van der Waals surface area contributed by atoms with Crippen LogP contribution in [-0.4, -0.2) is 21.9 Å². The van der Waals surface area contributed by atoms with E-state index in [0.717, 1.165) is 15.9 Å². The zero-order valence-electron chi connectivity index (χ0n) is 14.0. The highest BCUT2D eigenvalue weighted by molar-refractivity contribution is 8.00. The lowest BCUT2D eigenvalue weighted by Crippen LogP contribution is -2.22. The summed E-state index contributed by atoms with van der Waals surface area (Å²) in [5.74, 6) is -0.153. The average Bonchev–Trinajstić information content (AvgIpc) is 2.61. The summed E-state index contributed by atoms with van der Waals surface area (Å²) >= 11 is 1.41. The Labute approximate surface area is 150 Å². The quantitative estimate of drug-likeness (QED) is 0.541. The Kier molecular flexibility index (Phi) is 5.14. The highest BCUT2D eigenvalue weighted by Crippen LogP contribution is 2.25. The second-order valence-corrected chi connectivity index (χ2v) is 7.09. The number of carbonyl (C=O) groups excluding carboxylic acids is 2. The summed E-state index contributed by atoms with van der Waals surface area (Å²) in [6.45, 7) is 3.34. The van der Waals surface area contributed by atoms with E-state index in [9.17, 15) is 9.59 Å². The van der Waals surface area contributed by atoms with E-state index in [4.69, 9.17) is 0 Å². The number of fused-ring (bicyclic) bond motifs is 1. The van der Waals surface area contributed by atoms with E-state index in [-0.39, 0.29) is 16.9 Å². The largest absolute Gasteiger partial charge is 0.325 e. The molecular formula is C20H18N2O2S. The first kappa shape index (κ1) is 17.2. The number of thioether (sulfide) groups is 1. The number of hydrogen-bond acceptors (Lipinski definition) is 4. The zero-order valence-corrected chi connectivity index (χ0v) is 14.8. The van der Waals surface area contributed by atoms with Crippen LogP contribution in [0.4, 0.5) is 5.69 Å². The van der Waals surface area contributed by atoms with Crippen LogP contribution in [-0.2, 0) is 4.79 Å². The maximum Gasteiger partial charge on any atom is 0.237 e.